The molecule has 2 aromatic rings. The molecule has 28 heavy (non-hydrogen) atoms. The van der Waals surface area contributed by atoms with Crippen LogP contribution in [-0.2, 0) is 13.0 Å². The number of benzene rings is 2. The molecule has 1 N–H and O–H groups in total. The average molecular weight is 380 g/mol. The highest BCUT2D eigenvalue weighted by Gasteiger charge is 2.19. The molecule has 0 saturated carbocycles. The van der Waals surface area contributed by atoms with Gasteiger partial charge in [0.05, 0.1) is 0 Å². The minimum atomic E-state index is 0.319. The molecular formula is C22H28N4O2. The van der Waals surface area contributed by atoms with E-state index in [1.54, 1.807) is 0 Å². The summed E-state index contributed by atoms with van der Waals surface area (Å²) in [5, 5.41) is 3.51. The Labute approximate surface area is 166 Å². The summed E-state index contributed by atoms with van der Waals surface area (Å²) < 4.78 is 10.8. The van der Waals surface area contributed by atoms with Gasteiger partial charge >= 0.3 is 0 Å². The van der Waals surface area contributed by atoms with Crippen molar-refractivity contribution in [3.8, 4) is 11.5 Å². The van der Waals surface area contributed by atoms with Gasteiger partial charge in [0.2, 0.25) is 6.79 Å². The summed E-state index contributed by atoms with van der Waals surface area (Å²) in [5.41, 5.74) is 2.61. The molecule has 0 radical (unpaired) electrons. The molecule has 6 nitrogen and oxygen atoms in total. The van der Waals surface area contributed by atoms with Crippen LogP contribution in [-0.4, -0.2) is 62.3 Å². The Morgan fingerprint density at radius 3 is 2.54 bits per heavy atom. The number of nitrogens with zero attached hydrogens (tertiary/aromatic N) is 3. The van der Waals surface area contributed by atoms with E-state index in [0.717, 1.165) is 63.1 Å². The summed E-state index contributed by atoms with van der Waals surface area (Å²) in [5.74, 6) is 2.66. The van der Waals surface area contributed by atoms with Crippen molar-refractivity contribution in [1.82, 2.24) is 15.1 Å². The fraction of sp³-hybridized carbons (Fsp3) is 0.409. The first kappa shape index (κ1) is 18.6. The minimum Gasteiger partial charge on any atom is -0.454 e. The lowest BCUT2D eigenvalue weighted by Crippen LogP contribution is -2.52. The quantitative estimate of drug-likeness (QED) is 0.637. The molecule has 1 fully saturated rings. The van der Waals surface area contributed by atoms with Crippen LogP contribution in [0.4, 0.5) is 0 Å². The van der Waals surface area contributed by atoms with Crippen molar-refractivity contribution in [3.63, 3.8) is 0 Å². The van der Waals surface area contributed by atoms with Gasteiger partial charge in [0.15, 0.2) is 17.5 Å². The Morgan fingerprint density at radius 1 is 0.964 bits per heavy atom. The largest absolute Gasteiger partial charge is 0.454 e. The van der Waals surface area contributed by atoms with E-state index >= 15 is 0 Å². The van der Waals surface area contributed by atoms with Crippen LogP contribution in [0, 0.1) is 0 Å². The van der Waals surface area contributed by atoms with E-state index in [9.17, 15) is 0 Å². The second kappa shape index (κ2) is 8.97. The Bertz CT molecular complexity index is 801. The molecule has 0 spiro atoms. The molecule has 0 aliphatic carbocycles. The zero-order chi connectivity index (χ0) is 19.2. The van der Waals surface area contributed by atoms with Gasteiger partial charge in [-0.2, -0.15) is 0 Å². The number of ether oxygens (including phenoxy) is 2. The number of rotatable bonds is 5. The zero-order valence-electron chi connectivity index (χ0n) is 16.4. The number of hydrogen-bond acceptors (Lipinski definition) is 4. The molecule has 6 heteroatoms. The van der Waals surface area contributed by atoms with Gasteiger partial charge in [-0.05, 0) is 29.7 Å². The van der Waals surface area contributed by atoms with Gasteiger partial charge in [-0.1, -0.05) is 36.4 Å². The van der Waals surface area contributed by atoms with Crippen molar-refractivity contribution >= 4 is 5.96 Å². The maximum absolute atomic E-state index is 5.46. The molecular weight excluding hydrogens is 352 g/mol. The predicted octanol–water partition coefficient (Wildman–Crippen LogP) is 2.35. The summed E-state index contributed by atoms with van der Waals surface area (Å²) in [4.78, 5) is 9.33. The first-order valence-corrected chi connectivity index (χ1v) is 9.92. The van der Waals surface area contributed by atoms with Gasteiger partial charge in [0.25, 0.3) is 0 Å². The molecule has 0 amide bonds. The number of hydrogen-bond donors (Lipinski definition) is 1. The second-order valence-corrected chi connectivity index (χ2v) is 7.16. The maximum Gasteiger partial charge on any atom is 0.231 e. The zero-order valence-corrected chi connectivity index (χ0v) is 16.4. The van der Waals surface area contributed by atoms with Crippen LogP contribution in [0.25, 0.3) is 0 Å². The molecule has 4 rings (SSSR count). The van der Waals surface area contributed by atoms with Crippen LogP contribution in [0.3, 0.4) is 0 Å². The van der Waals surface area contributed by atoms with E-state index < -0.39 is 0 Å². The monoisotopic (exact) mass is 380 g/mol. The maximum atomic E-state index is 5.46. The number of aliphatic imine (C=N–C) groups is 1. The van der Waals surface area contributed by atoms with Crippen LogP contribution in [0.2, 0.25) is 0 Å². The Kier molecular flexibility index (Phi) is 5.97. The van der Waals surface area contributed by atoms with Gasteiger partial charge in [-0.3, -0.25) is 9.89 Å². The van der Waals surface area contributed by atoms with E-state index in [4.69, 9.17) is 9.47 Å². The molecule has 2 aromatic carbocycles. The number of guanidine groups is 1. The van der Waals surface area contributed by atoms with Crippen molar-refractivity contribution < 1.29 is 9.47 Å². The van der Waals surface area contributed by atoms with Crippen molar-refractivity contribution in [2.45, 2.75) is 13.0 Å². The van der Waals surface area contributed by atoms with Crippen molar-refractivity contribution in [3.05, 3.63) is 59.7 Å². The third kappa shape index (κ3) is 4.57. The number of piperazine rings is 1. The number of nitrogens with one attached hydrogen (secondary N) is 1. The van der Waals surface area contributed by atoms with E-state index in [-0.39, 0.29) is 0 Å². The lowest BCUT2D eigenvalue weighted by molar-refractivity contribution is 0.172. The highest BCUT2D eigenvalue weighted by Crippen LogP contribution is 2.32. The Morgan fingerprint density at radius 2 is 1.75 bits per heavy atom. The van der Waals surface area contributed by atoms with E-state index in [1.807, 2.05) is 13.1 Å². The van der Waals surface area contributed by atoms with Crippen LogP contribution in [0.15, 0.2) is 53.5 Å². The highest BCUT2D eigenvalue weighted by atomic mass is 16.7. The highest BCUT2D eigenvalue weighted by molar-refractivity contribution is 5.80. The van der Waals surface area contributed by atoms with Crippen LogP contribution in [0.1, 0.15) is 11.1 Å². The smallest absolute Gasteiger partial charge is 0.231 e. The topological polar surface area (TPSA) is 49.3 Å². The number of fused-ring (bicyclic) bond motifs is 1. The molecule has 0 aromatic heterocycles. The van der Waals surface area contributed by atoms with Crippen LogP contribution < -0.4 is 14.8 Å². The van der Waals surface area contributed by atoms with E-state index in [2.05, 4.69) is 62.6 Å². The molecule has 2 heterocycles. The van der Waals surface area contributed by atoms with Crippen molar-refractivity contribution in [1.29, 1.82) is 0 Å². The fourth-order valence-corrected chi connectivity index (χ4v) is 3.71. The van der Waals surface area contributed by atoms with E-state index in [1.165, 1.54) is 11.1 Å². The summed E-state index contributed by atoms with van der Waals surface area (Å²) in [7, 11) is 1.86. The van der Waals surface area contributed by atoms with Gasteiger partial charge in [0, 0.05) is 46.3 Å². The summed E-state index contributed by atoms with van der Waals surface area (Å²) in [6, 6.07) is 16.8. The van der Waals surface area contributed by atoms with Crippen molar-refractivity contribution in [2.24, 2.45) is 4.99 Å². The van der Waals surface area contributed by atoms with Crippen LogP contribution in [0.5, 0.6) is 11.5 Å². The van der Waals surface area contributed by atoms with Crippen LogP contribution >= 0.6 is 0 Å². The molecule has 2 aliphatic heterocycles. The molecule has 0 bridgehead atoms. The van der Waals surface area contributed by atoms with Gasteiger partial charge < -0.3 is 19.7 Å². The summed E-state index contributed by atoms with van der Waals surface area (Å²) >= 11 is 0. The molecule has 0 atom stereocenters. The second-order valence-electron chi connectivity index (χ2n) is 7.16. The Hall–Kier alpha value is -2.73. The molecule has 0 unspecified atom stereocenters. The Balaban J connectivity index is 1.22. The van der Waals surface area contributed by atoms with Gasteiger partial charge in [-0.15, -0.1) is 0 Å². The van der Waals surface area contributed by atoms with E-state index in [0.29, 0.717) is 6.79 Å². The fourth-order valence-electron chi connectivity index (χ4n) is 3.71. The molecule has 148 valence electrons. The first-order valence-electron chi connectivity index (χ1n) is 9.92. The predicted molar refractivity (Wildman–Crippen MR) is 111 cm³/mol. The third-order valence-corrected chi connectivity index (χ3v) is 5.27. The van der Waals surface area contributed by atoms with Gasteiger partial charge in [-0.25, -0.2) is 0 Å². The SMILES string of the molecule is CN=C(NCCc1ccc2c(c1)OCO2)N1CCN(Cc2ccccc2)CC1. The summed E-state index contributed by atoms with van der Waals surface area (Å²) in [6.45, 7) is 6.28. The first-order chi connectivity index (χ1) is 13.8. The lowest BCUT2D eigenvalue weighted by Gasteiger charge is -2.36. The normalized spacial score (nSPS) is 17.0. The van der Waals surface area contributed by atoms with Gasteiger partial charge in [0.1, 0.15) is 0 Å². The molecule has 1 saturated heterocycles. The third-order valence-electron chi connectivity index (χ3n) is 5.27. The minimum absolute atomic E-state index is 0.319. The van der Waals surface area contributed by atoms with Crippen molar-refractivity contribution in [2.75, 3.05) is 46.6 Å². The average Bonchev–Trinajstić information content (AvgIpc) is 3.21. The summed E-state index contributed by atoms with van der Waals surface area (Å²) in [6.07, 6.45) is 0.920. The molecule has 2 aliphatic rings. The standard InChI is InChI=1S/C22H28N4O2/c1-23-22(24-10-9-18-7-8-20-21(15-18)28-17-27-20)26-13-11-25(12-14-26)16-19-5-3-2-4-6-19/h2-8,15H,9-14,16-17H2,1H3,(H,23,24). The lowest BCUT2D eigenvalue weighted by atomic mass is 10.1.